The SMILES string of the molecule is Cc1[nH]ncc1CNC(=O)[C@@H]1CCc2nc(C(C)C)[nH]c2C1. The van der Waals surface area contributed by atoms with E-state index in [9.17, 15) is 4.79 Å². The summed E-state index contributed by atoms with van der Waals surface area (Å²) >= 11 is 0. The van der Waals surface area contributed by atoms with Crippen molar-refractivity contribution in [2.45, 2.75) is 52.5 Å². The maximum absolute atomic E-state index is 12.4. The first-order valence-electron chi connectivity index (χ1n) is 7.88. The van der Waals surface area contributed by atoms with Crippen molar-refractivity contribution in [1.82, 2.24) is 25.5 Å². The maximum Gasteiger partial charge on any atom is 0.223 e. The molecule has 0 bridgehead atoms. The van der Waals surface area contributed by atoms with Crippen molar-refractivity contribution in [3.63, 3.8) is 0 Å². The Morgan fingerprint density at radius 3 is 3.00 bits per heavy atom. The molecule has 3 rings (SSSR count). The van der Waals surface area contributed by atoms with E-state index >= 15 is 0 Å². The first-order chi connectivity index (χ1) is 10.5. The number of H-pyrrole nitrogens is 2. The van der Waals surface area contributed by atoms with Crippen LogP contribution in [0, 0.1) is 12.8 Å². The van der Waals surface area contributed by atoms with Crippen LogP contribution in [0.1, 0.15) is 54.7 Å². The lowest BCUT2D eigenvalue weighted by Gasteiger charge is -2.20. The Morgan fingerprint density at radius 2 is 2.32 bits per heavy atom. The number of hydrogen-bond donors (Lipinski definition) is 3. The molecule has 0 fully saturated rings. The quantitative estimate of drug-likeness (QED) is 0.807. The number of amides is 1. The molecule has 1 aliphatic carbocycles. The number of rotatable bonds is 4. The van der Waals surface area contributed by atoms with Gasteiger partial charge >= 0.3 is 0 Å². The van der Waals surface area contributed by atoms with Gasteiger partial charge in [-0.15, -0.1) is 0 Å². The summed E-state index contributed by atoms with van der Waals surface area (Å²) in [5.74, 6) is 1.56. The largest absolute Gasteiger partial charge is 0.352 e. The van der Waals surface area contributed by atoms with Gasteiger partial charge in [-0.05, 0) is 19.8 Å². The van der Waals surface area contributed by atoms with Crippen LogP contribution in [0.25, 0.3) is 0 Å². The van der Waals surface area contributed by atoms with E-state index in [2.05, 4.69) is 39.3 Å². The Labute approximate surface area is 130 Å². The van der Waals surface area contributed by atoms with Gasteiger partial charge in [-0.25, -0.2) is 4.98 Å². The number of carbonyl (C=O) groups is 1. The van der Waals surface area contributed by atoms with E-state index < -0.39 is 0 Å². The highest BCUT2D eigenvalue weighted by molar-refractivity contribution is 5.79. The number of fused-ring (bicyclic) bond motifs is 1. The molecule has 0 saturated carbocycles. The van der Waals surface area contributed by atoms with E-state index in [0.717, 1.165) is 47.7 Å². The fourth-order valence-corrected chi connectivity index (χ4v) is 2.88. The van der Waals surface area contributed by atoms with Crippen LogP contribution in [0.15, 0.2) is 6.20 Å². The molecular formula is C16H23N5O. The Morgan fingerprint density at radius 1 is 1.50 bits per heavy atom. The number of nitrogens with zero attached hydrogens (tertiary/aromatic N) is 2. The van der Waals surface area contributed by atoms with Crippen molar-refractivity contribution >= 4 is 5.91 Å². The second-order valence-electron chi connectivity index (χ2n) is 6.38. The third kappa shape index (κ3) is 2.91. The first-order valence-corrected chi connectivity index (χ1v) is 7.88. The molecule has 0 radical (unpaired) electrons. The fourth-order valence-electron chi connectivity index (χ4n) is 2.88. The fraction of sp³-hybridized carbons (Fsp3) is 0.562. The van der Waals surface area contributed by atoms with E-state index in [0.29, 0.717) is 12.5 Å². The Kier molecular flexibility index (Phi) is 4.00. The van der Waals surface area contributed by atoms with Gasteiger partial charge in [-0.2, -0.15) is 5.10 Å². The zero-order chi connectivity index (χ0) is 15.7. The Balaban J connectivity index is 1.61. The molecule has 0 saturated heterocycles. The van der Waals surface area contributed by atoms with Crippen LogP contribution >= 0.6 is 0 Å². The smallest absolute Gasteiger partial charge is 0.223 e. The molecule has 2 heterocycles. The lowest BCUT2D eigenvalue weighted by molar-refractivity contribution is -0.125. The number of aromatic amines is 2. The number of imidazole rings is 1. The van der Waals surface area contributed by atoms with Crippen molar-refractivity contribution in [1.29, 1.82) is 0 Å². The summed E-state index contributed by atoms with van der Waals surface area (Å²) in [5, 5.41) is 9.88. The molecular weight excluding hydrogens is 278 g/mol. The van der Waals surface area contributed by atoms with E-state index in [-0.39, 0.29) is 11.8 Å². The van der Waals surface area contributed by atoms with E-state index in [1.807, 2.05) is 6.92 Å². The van der Waals surface area contributed by atoms with Crippen LogP contribution in [-0.4, -0.2) is 26.1 Å². The second kappa shape index (κ2) is 5.94. The van der Waals surface area contributed by atoms with Crippen molar-refractivity contribution in [2.24, 2.45) is 5.92 Å². The van der Waals surface area contributed by atoms with Gasteiger partial charge in [0, 0.05) is 41.8 Å². The first kappa shape index (κ1) is 14.8. The molecule has 3 N–H and O–H groups in total. The predicted octanol–water partition coefficient (Wildman–Crippen LogP) is 1.99. The number of carbonyl (C=O) groups excluding carboxylic acids is 1. The standard InChI is InChI=1S/C16H23N5O/c1-9(2)15-19-13-5-4-11(6-14(13)20-15)16(22)17-7-12-8-18-21-10(12)3/h8-9,11H,4-7H2,1-3H3,(H,17,22)(H,18,21)(H,19,20)/t11-/m1/s1. The van der Waals surface area contributed by atoms with Gasteiger partial charge in [-0.1, -0.05) is 13.8 Å². The summed E-state index contributed by atoms with van der Waals surface area (Å²) in [7, 11) is 0. The molecule has 1 aliphatic rings. The van der Waals surface area contributed by atoms with Crippen LogP contribution in [0.4, 0.5) is 0 Å². The Bertz CT molecular complexity index is 670. The lowest BCUT2D eigenvalue weighted by atomic mass is 9.89. The number of hydrogen-bond acceptors (Lipinski definition) is 3. The normalized spacial score (nSPS) is 17.5. The highest BCUT2D eigenvalue weighted by Crippen LogP contribution is 2.26. The number of aryl methyl sites for hydroxylation is 2. The highest BCUT2D eigenvalue weighted by atomic mass is 16.1. The summed E-state index contributed by atoms with van der Waals surface area (Å²) in [6.45, 7) is 6.74. The van der Waals surface area contributed by atoms with Crippen LogP contribution in [0.2, 0.25) is 0 Å². The molecule has 0 spiro atoms. The molecule has 1 amide bonds. The van der Waals surface area contributed by atoms with Gasteiger partial charge in [0.2, 0.25) is 5.91 Å². The average Bonchev–Trinajstić information content (AvgIpc) is 3.09. The van der Waals surface area contributed by atoms with Gasteiger partial charge in [0.25, 0.3) is 0 Å². The molecule has 22 heavy (non-hydrogen) atoms. The van der Waals surface area contributed by atoms with Crippen molar-refractivity contribution in [2.75, 3.05) is 0 Å². The van der Waals surface area contributed by atoms with Gasteiger partial charge in [0.1, 0.15) is 5.82 Å². The van der Waals surface area contributed by atoms with Crippen LogP contribution in [0.5, 0.6) is 0 Å². The van der Waals surface area contributed by atoms with E-state index in [1.165, 1.54) is 0 Å². The van der Waals surface area contributed by atoms with Gasteiger partial charge in [-0.3, -0.25) is 9.89 Å². The molecule has 118 valence electrons. The minimum atomic E-state index is 0.0279. The van der Waals surface area contributed by atoms with E-state index in [4.69, 9.17) is 0 Å². The zero-order valence-corrected chi connectivity index (χ0v) is 13.4. The van der Waals surface area contributed by atoms with Crippen LogP contribution in [0.3, 0.4) is 0 Å². The van der Waals surface area contributed by atoms with Gasteiger partial charge in [0.15, 0.2) is 0 Å². The van der Waals surface area contributed by atoms with Crippen LogP contribution in [-0.2, 0) is 24.2 Å². The molecule has 1 atom stereocenters. The van der Waals surface area contributed by atoms with Crippen molar-refractivity contribution < 1.29 is 4.79 Å². The van der Waals surface area contributed by atoms with Crippen molar-refractivity contribution in [3.05, 3.63) is 34.7 Å². The molecule has 2 aromatic rings. The van der Waals surface area contributed by atoms with Gasteiger partial charge in [0.05, 0.1) is 11.9 Å². The third-order valence-corrected chi connectivity index (χ3v) is 4.37. The lowest BCUT2D eigenvalue weighted by Crippen LogP contribution is -2.33. The van der Waals surface area contributed by atoms with Gasteiger partial charge < -0.3 is 10.3 Å². The average molecular weight is 301 g/mol. The summed E-state index contributed by atoms with van der Waals surface area (Å²) in [5.41, 5.74) is 4.31. The predicted molar refractivity (Wildman–Crippen MR) is 83.4 cm³/mol. The third-order valence-electron chi connectivity index (χ3n) is 4.37. The van der Waals surface area contributed by atoms with E-state index in [1.54, 1.807) is 6.20 Å². The second-order valence-corrected chi connectivity index (χ2v) is 6.38. The Hall–Kier alpha value is -2.11. The number of nitrogens with one attached hydrogen (secondary N) is 3. The molecule has 0 aliphatic heterocycles. The minimum Gasteiger partial charge on any atom is -0.352 e. The monoisotopic (exact) mass is 301 g/mol. The molecule has 6 heteroatoms. The summed E-state index contributed by atoms with van der Waals surface area (Å²) in [6, 6.07) is 0. The summed E-state index contributed by atoms with van der Waals surface area (Å²) in [4.78, 5) is 20.4. The topological polar surface area (TPSA) is 86.5 Å². The number of aromatic nitrogens is 4. The summed E-state index contributed by atoms with van der Waals surface area (Å²) in [6.07, 6.45) is 4.26. The summed E-state index contributed by atoms with van der Waals surface area (Å²) < 4.78 is 0. The molecule has 6 nitrogen and oxygen atoms in total. The van der Waals surface area contributed by atoms with Crippen molar-refractivity contribution in [3.8, 4) is 0 Å². The minimum absolute atomic E-state index is 0.0279. The maximum atomic E-state index is 12.4. The van der Waals surface area contributed by atoms with Crippen LogP contribution < -0.4 is 5.32 Å². The molecule has 0 unspecified atom stereocenters. The molecule has 2 aromatic heterocycles. The highest BCUT2D eigenvalue weighted by Gasteiger charge is 2.27. The molecule has 0 aromatic carbocycles. The zero-order valence-electron chi connectivity index (χ0n) is 13.4.